The molecule has 92 valence electrons. The van der Waals surface area contributed by atoms with E-state index in [1.54, 1.807) is 0 Å². The molecule has 0 aromatic heterocycles. The molecule has 16 heavy (non-hydrogen) atoms. The van der Waals surface area contributed by atoms with Crippen LogP contribution in [-0.2, 0) is 14.3 Å². The van der Waals surface area contributed by atoms with Crippen molar-refractivity contribution in [3.05, 3.63) is 0 Å². The van der Waals surface area contributed by atoms with Gasteiger partial charge in [-0.05, 0) is 0 Å². The number of amides is 1. The van der Waals surface area contributed by atoms with Crippen LogP contribution in [0.2, 0.25) is 19.6 Å². The second kappa shape index (κ2) is 4.12. The van der Waals surface area contributed by atoms with Crippen LogP contribution < -0.4 is 0 Å². The minimum absolute atomic E-state index is 0.273. The highest BCUT2D eigenvalue weighted by molar-refractivity contribution is 6.75. The number of ether oxygens (including phenoxy) is 2. The molecule has 2 aliphatic rings. The molecule has 0 saturated carbocycles. The lowest BCUT2D eigenvalue weighted by Gasteiger charge is -2.33. The summed E-state index contributed by atoms with van der Waals surface area (Å²) in [6.45, 7) is 8.74. The Hall–Kier alpha value is -0.393. The molecule has 0 atom stereocenters. The van der Waals surface area contributed by atoms with Crippen LogP contribution >= 0.6 is 0 Å². The first-order valence-corrected chi connectivity index (χ1v) is 9.46. The Labute approximate surface area is 98.0 Å². The maximum Gasteiger partial charge on any atom is 0.214 e. The monoisotopic (exact) mass is 243 g/mol. The average Bonchev–Trinajstić information content (AvgIpc) is 2.55. The van der Waals surface area contributed by atoms with Gasteiger partial charge in [0.25, 0.3) is 0 Å². The Bertz CT molecular complexity index is 281. The van der Waals surface area contributed by atoms with E-state index in [-0.39, 0.29) is 5.91 Å². The number of hydrogen-bond donors (Lipinski definition) is 0. The van der Waals surface area contributed by atoms with Gasteiger partial charge in [-0.2, -0.15) is 0 Å². The van der Waals surface area contributed by atoms with Gasteiger partial charge in [-0.1, -0.05) is 19.6 Å². The molecule has 0 aromatic carbocycles. The predicted octanol–water partition coefficient (Wildman–Crippen LogP) is 1.58. The molecule has 2 fully saturated rings. The predicted molar refractivity (Wildman–Crippen MR) is 63.5 cm³/mol. The Morgan fingerprint density at radius 3 is 2.38 bits per heavy atom. The molecule has 1 amide bonds. The molecule has 0 unspecified atom stereocenters. The first-order valence-electron chi connectivity index (χ1n) is 6.01. The van der Waals surface area contributed by atoms with E-state index < -0.39 is 14.0 Å². The fourth-order valence-corrected chi connectivity index (χ4v) is 4.10. The third-order valence-electron chi connectivity index (χ3n) is 3.36. The molecule has 2 aliphatic heterocycles. The zero-order valence-corrected chi connectivity index (χ0v) is 11.4. The van der Waals surface area contributed by atoms with Crippen LogP contribution in [0.1, 0.15) is 19.3 Å². The molecule has 0 N–H and O–H groups in total. The van der Waals surface area contributed by atoms with E-state index in [9.17, 15) is 4.79 Å². The summed E-state index contributed by atoms with van der Waals surface area (Å²) in [5.74, 6) is -0.181. The van der Waals surface area contributed by atoms with Crippen molar-refractivity contribution in [1.29, 1.82) is 0 Å². The van der Waals surface area contributed by atoms with Gasteiger partial charge in [-0.3, -0.25) is 4.79 Å². The first kappa shape index (κ1) is 12.1. The van der Waals surface area contributed by atoms with Crippen LogP contribution in [0.5, 0.6) is 0 Å². The van der Waals surface area contributed by atoms with E-state index in [1.807, 2.05) is 0 Å². The number of carbonyl (C=O) groups excluding carboxylic acids is 1. The summed E-state index contributed by atoms with van der Waals surface area (Å²) >= 11 is 0. The summed E-state index contributed by atoms with van der Waals surface area (Å²) in [5, 5.41) is 0. The molecule has 2 saturated heterocycles. The zero-order valence-electron chi connectivity index (χ0n) is 10.4. The van der Waals surface area contributed by atoms with E-state index in [0.717, 1.165) is 13.0 Å². The second-order valence-electron chi connectivity index (χ2n) is 5.57. The minimum Gasteiger partial charge on any atom is -0.370 e. The maximum atomic E-state index is 12.1. The van der Waals surface area contributed by atoms with Crippen LogP contribution in [0.4, 0.5) is 0 Å². The van der Waals surface area contributed by atoms with Gasteiger partial charge in [0.2, 0.25) is 5.91 Å². The van der Waals surface area contributed by atoms with Crippen molar-refractivity contribution in [3.8, 4) is 0 Å². The SMILES string of the molecule is C[Si](C)(C)N1CCC2(CCC1=O)OCCO2. The summed E-state index contributed by atoms with van der Waals surface area (Å²) < 4.78 is 13.4. The lowest BCUT2D eigenvalue weighted by molar-refractivity contribution is -0.164. The molecule has 2 heterocycles. The highest BCUT2D eigenvalue weighted by Crippen LogP contribution is 2.32. The molecule has 0 radical (unpaired) electrons. The Kier molecular flexibility index (Phi) is 3.11. The molecule has 0 bridgehead atoms. The van der Waals surface area contributed by atoms with Gasteiger partial charge in [0, 0.05) is 25.8 Å². The lowest BCUT2D eigenvalue weighted by Crippen LogP contribution is -2.49. The van der Waals surface area contributed by atoms with Gasteiger partial charge >= 0.3 is 0 Å². The summed E-state index contributed by atoms with van der Waals surface area (Å²) in [6, 6.07) is 0. The van der Waals surface area contributed by atoms with Crippen molar-refractivity contribution >= 4 is 14.1 Å². The Balaban J connectivity index is 2.09. The van der Waals surface area contributed by atoms with E-state index in [0.29, 0.717) is 26.1 Å². The fraction of sp³-hybridized carbons (Fsp3) is 0.909. The molecule has 4 nitrogen and oxygen atoms in total. The van der Waals surface area contributed by atoms with E-state index in [1.165, 1.54) is 0 Å². The highest BCUT2D eigenvalue weighted by Gasteiger charge is 2.42. The topological polar surface area (TPSA) is 38.8 Å². The Morgan fingerprint density at radius 2 is 1.81 bits per heavy atom. The average molecular weight is 243 g/mol. The molecule has 0 aliphatic carbocycles. The van der Waals surface area contributed by atoms with E-state index in [2.05, 4.69) is 24.2 Å². The van der Waals surface area contributed by atoms with Gasteiger partial charge in [0.15, 0.2) is 14.0 Å². The highest BCUT2D eigenvalue weighted by atomic mass is 28.3. The van der Waals surface area contributed by atoms with Gasteiger partial charge in [0.1, 0.15) is 0 Å². The molecular weight excluding hydrogens is 222 g/mol. The minimum atomic E-state index is -1.55. The lowest BCUT2D eigenvalue weighted by atomic mass is 10.1. The first-order chi connectivity index (χ1) is 7.43. The van der Waals surface area contributed by atoms with Crippen LogP contribution in [0.15, 0.2) is 0 Å². The van der Waals surface area contributed by atoms with Crippen molar-refractivity contribution in [2.75, 3.05) is 19.8 Å². The van der Waals surface area contributed by atoms with Crippen molar-refractivity contribution in [1.82, 2.24) is 4.57 Å². The smallest absolute Gasteiger partial charge is 0.214 e. The standard InChI is InChI=1S/C11H21NO3Si/c1-16(2,3)12-7-6-11(5-4-10(12)13)14-8-9-15-11/h4-9H2,1-3H3. The second-order valence-corrected chi connectivity index (χ2v) is 10.5. The van der Waals surface area contributed by atoms with Gasteiger partial charge < -0.3 is 14.0 Å². The summed E-state index contributed by atoms with van der Waals surface area (Å²) in [5.41, 5.74) is 0. The Morgan fingerprint density at radius 1 is 1.19 bits per heavy atom. The molecule has 1 spiro atoms. The summed E-state index contributed by atoms with van der Waals surface area (Å²) in [7, 11) is -1.55. The van der Waals surface area contributed by atoms with Crippen LogP contribution in [0, 0.1) is 0 Å². The third-order valence-corrected chi connectivity index (χ3v) is 5.45. The summed E-state index contributed by atoms with van der Waals surface area (Å²) in [4.78, 5) is 12.1. The molecular formula is C11H21NO3Si. The van der Waals surface area contributed by atoms with Crippen LogP contribution in [0.25, 0.3) is 0 Å². The maximum absolute atomic E-state index is 12.1. The van der Waals surface area contributed by atoms with Crippen molar-refractivity contribution in [3.63, 3.8) is 0 Å². The third kappa shape index (κ3) is 2.31. The van der Waals surface area contributed by atoms with Gasteiger partial charge in [-0.15, -0.1) is 0 Å². The number of rotatable bonds is 1. The molecule has 0 aromatic rings. The van der Waals surface area contributed by atoms with Crippen LogP contribution in [0.3, 0.4) is 0 Å². The van der Waals surface area contributed by atoms with Crippen molar-refractivity contribution in [2.24, 2.45) is 0 Å². The van der Waals surface area contributed by atoms with Gasteiger partial charge in [0.05, 0.1) is 13.2 Å². The van der Waals surface area contributed by atoms with Crippen LogP contribution in [-0.4, -0.2) is 44.3 Å². The van der Waals surface area contributed by atoms with Gasteiger partial charge in [-0.25, -0.2) is 0 Å². The molecule has 5 heteroatoms. The normalized spacial score (nSPS) is 26.2. The number of hydrogen-bond acceptors (Lipinski definition) is 3. The number of nitrogens with zero attached hydrogens (tertiary/aromatic N) is 1. The zero-order chi connectivity index (χ0) is 11.8. The van der Waals surface area contributed by atoms with E-state index >= 15 is 0 Å². The molecule has 2 rings (SSSR count). The largest absolute Gasteiger partial charge is 0.370 e. The van der Waals surface area contributed by atoms with E-state index in [4.69, 9.17) is 9.47 Å². The summed E-state index contributed by atoms with van der Waals surface area (Å²) in [6.07, 6.45) is 2.10. The quantitative estimate of drug-likeness (QED) is 0.656. The van der Waals surface area contributed by atoms with Crippen molar-refractivity contribution in [2.45, 2.75) is 44.7 Å². The number of carbonyl (C=O) groups is 1. The fourth-order valence-electron chi connectivity index (χ4n) is 2.46. The van der Waals surface area contributed by atoms with Crippen molar-refractivity contribution < 1.29 is 14.3 Å².